The van der Waals surface area contributed by atoms with Crippen molar-refractivity contribution < 1.29 is 4.79 Å². The van der Waals surface area contributed by atoms with Crippen molar-refractivity contribution in [2.24, 2.45) is 7.05 Å². The van der Waals surface area contributed by atoms with Crippen molar-refractivity contribution in [2.75, 3.05) is 5.32 Å². The summed E-state index contributed by atoms with van der Waals surface area (Å²) in [6.07, 6.45) is 1.49. The zero-order valence-corrected chi connectivity index (χ0v) is 5.83. The fourth-order valence-electron chi connectivity index (χ4n) is 0.583. The van der Waals surface area contributed by atoms with Crippen LogP contribution in [0.2, 0.25) is 0 Å². The monoisotopic (exact) mass is 140 g/mol. The third kappa shape index (κ3) is 1.54. The van der Waals surface area contributed by atoms with Crippen molar-refractivity contribution in [3.05, 3.63) is 6.20 Å². The summed E-state index contributed by atoms with van der Waals surface area (Å²) in [7, 11) is 1.69. The van der Waals surface area contributed by atoms with E-state index in [1.807, 2.05) is 0 Å². The van der Waals surface area contributed by atoms with Gasteiger partial charge in [0.1, 0.15) is 0 Å². The van der Waals surface area contributed by atoms with Crippen molar-refractivity contribution in [3.63, 3.8) is 0 Å². The number of rotatable bonds is 1. The molecule has 54 valence electrons. The summed E-state index contributed by atoms with van der Waals surface area (Å²) in [5, 5.41) is 10.1. The lowest BCUT2D eigenvalue weighted by Gasteiger charge is -1.91. The first-order chi connectivity index (χ1) is 4.68. The average Bonchev–Trinajstić information content (AvgIpc) is 2.13. The Morgan fingerprint density at radius 2 is 2.50 bits per heavy atom. The highest BCUT2D eigenvalue weighted by atomic mass is 16.1. The Balaban J connectivity index is 2.67. The lowest BCUT2D eigenvalue weighted by atomic mass is 10.6. The maximum absolute atomic E-state index is 10.4. The van der Waals surface area contributed by atoms with Gasteiger partial charge in [-0.2, -0.15) is 9.90 Å². The number of hydrogen-bond acceptors (Lipinski definition) is 3. The van der Waals surface area contributed by atoms with Gasteiger partial charge in [0.2, 0.25) is 5.91 Å². The molecule has 0 aliphatic rings. The van der Waals surface area contributed by atoms with Crippen LogP contribution in [0, 0.1) is 0 Å². The molecule has 1 aromatic rings. The second-order valence-corrected chi connectivity index (χ2v) is 1.90. The molecule has 0 aliphatic carbocycles. The summed E-state index contributed by atoms with van der Waals surface area (Å²) in [4.78, 5) is 11.8. The fraction of sp³-hybridized carbons (Fsp3) is 0.400. The minimum atomic E-state index is -0.138. The van der Waals surface area contributed by atoms with E-state index < -0.39 is 0 Å². The highest BCUT2D eigenvalue weighted by Gasteiger charge is 1.97. The number of aryl methyl sites for hydroxylation is 1. The maximum Gasteiger partial charge on any atom is 0.222 e. The first kappa shape index (κ1) is 6.73. The van der Waals surface area contributed by atoms with Gasteiger partial charge >= 0.3 is 0 Å². The highest BCUT2D eigenvalue weighted by Crippen LogP contribution is 1.95. The van der Waals surface area contributed by atoms with E-state index in [9.17, 15) is 4.79 Å². The van der Waals surface area contributed by atoms with Gasteiger partial charge in [-0.1, -0.05) is 0 Å². The molecular formula is C5H8N4O. The molecule has 1 amide bonds. The number of amides is 1. The number of nitrogens with zero attached hydrogens (tertiary/aromatic N) is 3. The van der Waals surface area contributed by atoms with Gasteiger partial charge < -0.3 is 5.32 Å². The maximum atomic E-state index is 10.4. The smallest absolute Gasteiger partial charge is 0.222 e. The lowest BCUT2D eigenvalue weighted by Crippen LogP contribution is -2.06. The SMILES string of the molecule is CC(=O)Nc1cnn(C)n1. The summed E-state index contributed by atoms with van der Waals surface area (Å²) >= 11 is 0. The van der Waals surface area contributed by atoms with Crippen molar-refractivity contribution in [2.45, 2.75) is 6.92 Å². The quantitative estimate of drug-likeness (QED) is 0.586. The standard InChI is InChI=1S/C5H8N4O/c1-4(10)7-5-3-6-9(2)8-5/h3H,1-2H3,(H,7,8,10). The van der Waals surface area contributed by atoms with E-state index in [1.165, 1.54) is 17.9 Å². The van der Waals surface area contributed by atoms with Crippen LogP contribution in [-0.4, -0.2) is 20.9 Å². The number of aromatic nitrogens is 3. The molecule has 1 N–H and O–H groups in total. The fourth-order valence-corrected chi connectivity index (χ4v) is 0.583. The van der Waals surface area contributed by atoms with Crippen LogP contribution in [0.4, 0.5) is 5.82 Å². The Labute approximate surface area is 58.0 Å². The van der Waals surface area contributed by atoms with Gasteiger partial charge in [0.15, 0.2) is 5.82 Å². The molecule has 0 aliphatic heterocycles. The molecule has 0 atom stereocenters. The Morgan fingerprint density at radius 3 is 2.90 bits per heavy atom. The van der Waals surface area contributed by atoms with Crippen LogP contribution < -0.4 is 5.32 Å². The van der Waals surface area contributed by atoms with Gasteiger partial charge in [-0.3, -0.25) is 4.79 Å². The van der Waals surface area contributed by atoms with Gasteiger partial charge in [-0.15, -0.1) is 5.10 Å². The molecule has 5 heteroatoms. The second-order valence-electron chi connectivity index (χ2n) is 1.90. The molecule has 0 saturated carbocycles. The molecule has 1 heterocycles. The van der Waals surface area contributed by atoms with E-state index in [2.05, 4.69) is 15.5 Å². The molecule has 0 aromatic carbocycles. The number of hydrogen-bond donors (Lipinski definition) is 1. The van der Waals surface area contributed by atoms with Crippen LogP contribution in [-0.2, 0) is 11.8 Å². The average molecular weight is 140 g/mol. The third-order valence-electron chi connectivity index (χ3n) is 0.904. The van der Waals surface area contributed by atoms with E-state index in [1.54, 1.807) is 7.05 Å². The summed E-state index contributed by atoms with van der Waals surface area (Å²) in [5.41, 5.74) is 0. The first-order valence-electron chi connectivity index (χ1n) is 2.82. The zero-order valence-electron chi connectivity index (χ0n) is 5.83. The minimum Gasteiger partial charge on any atom is -0.308 e. The minimum absolute atomic E-state index is 0.138. The lowest BCUT2D eigenvalue weighted by molar-refractivity contribution is -0.114. The second kappa shape index (κ2) is 2.47. The van der Waals surface area contributed by atoms with Crippen LogP contribution in [0.15, 0.2) is 6.20 Å². The summed E-state index contributed by atoms with van der Waals surface area (Å²) < 4.78 is 0. The summed E-state index contributed by atoms with van der Waals surface area (Å²) in [5.74, 6) is 0.343. The van der Waals surface area contributed by atoms with Crippen molar-refractivity contribution in [1.29, 1.82) is 0 Å². The number of carbonyl (C=O) groups is 1. The number of carbonyl (C=O) groups excluding carboxylic acids is 1. The van der Waals surface area contributed by atoms with E-state index >= 15 is 0 Å². The summed E-state index contributed by atoms with van der Waals surface area (Å²) in [6, 6.07) is 0. The van der Waals surface area contributed by atoms with E-state index in [0.29, 0.717) is 5.82 Å². The largest absolute Gasteiger partial charge is 0.308 e. The van der Waals surface area contributed by atoms with Crippen molar-refractivity contribution >= 4 is 11.7 Å². The molecule has 10 heavy (non-hydrogen) atoms. The predicted octanol–water partition coefficient (Wildman–Crippen LogP) is -0.227. The molecule has 1 aromatic heterocycles. The molecular weight excluding hydrogens is 132 g/mol. The number of anilines is 1. The normalized spacial score (nSPS) is 9.40. The van der Waals surface area contributed by atoms with Crippen LogP contribution in [0.3, 0.4) is 0 Å². The van der Waals surface area contributed by atoms with E-state index in [0.717, 1.165) is 0 Å². The van der Waals surface area contributed by atoms with Crippen molar-refractivity contribution in [3.8, 4) is 0 Å². The van der Waals surface area contributed by atoms with Crippen LogP contribution >= 0.6 is 0 Å². The van der Waals surface area contributed by atoms with Crippen LogP contribution in [0.5, 0.6) is 0 Å². The molecule has 0 saturated heterocycles. The van der Waals surface area contributed by atoms with Gasteiger partial charge in [0.05, 0.1) is 6.20 Å². The highest BCUT2D eigenvalue weighted by molar-refractivity contribution is 5.87. The molecule has 0 radical (unpaired) electrons. The van der Waals surface area contributed by atoms with Gasteiger partial charge in [0.25, 0.3) is 0 Å². The predicted molar refractivity (Wildman–Crippen MR) is 35.3 cm³/mol. The number of nitrogens with one attached hydrogen (secondary N) is 1. The summed E-state index contributed by atoms with van der Waals surface area (Å²) in [6.45, 7) is 1.43. The van der Waals surface area contributed by atoms with Gasteiger partial charge in [0, 0.05) is 14.0 Å². The van der Waals surface area contributed by atoms with Gasteiger partial charge in [-0.05, 0) is 0 Å². The molecule has 0 fully saturated rings. The Bertz CT molecular complexity index is 242. The third-order valence-corrected chi connectivity index (χ3v) is 0.904. The molecule has 5 nitrogen and oxygen atoms in total. The van der Waals surface area contributed by atoms with Crippen molar-refractivity contribution in [1.82, 2.24) is 15.0 Å². The Hall–Kier alpha value is -1.39. The topological polar surface area (TPSA) is 59.8 Å². The molecule has 1 rings (SSSR count). The zero-order chi connectivity index (χ0) is 7.56. The Morgan fingerprint density at radius 1 is 1.80 bits per heavy atom. The van der Waals surface area contributed by atoms with E-state index in [4.69, 9.17) is 0 Å². The van der Waals surface area contributed by atoms with Crippen LogP contribution in [0.1, 0.15) is 6.92 Å². The molecule has 0 unspecified atom stereocenters. The Kier molecular flexibility index (Phi) is 1.66. The first-order valence-corrected chi connectivity index (χ1v) is 2.82. The van der Waals surface area contributed by atoms with E-state index in [-0.39, 0.29) is 5.91 Å². The molecule has 0 bridgehead atoms. The van der Waals surface area contributed by atoms with Gasteiger partial charge in [-0.25, -0.2) is 0 Å². The molecule has 0 spiro atoms. The van der Waals surface area contributed by atoms with Crippen LogP contribution in [0.25, 0.3) is 0 Å².